The number of imidazole rings is 1. The van der Waals surface area contributed by atoms with Gasteiger partial charge in [0.05, 0.1) is 17.3 Å². The van der Waals surface area contributed by atoms with Crippen LogP contribution in [0, 0.1) is 5.92 Å². The molecular weight excluding hydrogens is 242 g/mol. The van der Waals surface area contributed by atoms with Crippen LogP contribution in [-0.2, 0) is 6.42 Å². The van der Waals surface area contributed by atoms with Crippen molar-refractivity contribution >= 4 is 11.5 Å². The molecule has 2 aromatic heterocycles. The lowest BCUT2D eigenvalue weighted by molar-refractivity contribution is 0.0698. The molecule has 0 saturated carbocycles. The first-order valence-electron chi connectivity index (χ1n) is 6.52. The molecule has 0 bridgehead atoms. The highest BCUT2D eigenvalue weighted by molar-refractivity contribution is 5.95. The second-order valence-corrected chi connectivity index (χ2v) is 5.28. The molecule has 1 unspecified atom stereocenters. The van der Waals surface area contributed by atoms with Crippen molar-refractivity contribution in [1.82, 2.24) is 14.3 Å². The van der Waals surface area contributed by atoms with Crippen molar-refractivity contribution in [2.75, 3.05) is 20.1 Å². The van der Waals surface area contributed by atoms with E-state index in [0.29, 0.717) is 17.0 Å². The normalized spacial score (nSPS) is 20.2. The Morgan fingerprint density at radius 2 is 2.42 bits per heavy atom. The Morgan fingerprint density at radius 1 is 1.58 bits per heavy atom. The van der Waals surface area contributed by atoms with Gasteiger partial charge in [-0.05, 0) is 38.1 Å². The fraction of sp³-hybridized carbons (Fsp3) is 0.429. The monoisotopic (exact) mass is 259 g/mol. The highest BCUT2D eigenvalue weighted by Gasteiger charge is 2.22. The van der Waals surface area contributed by atoms with Crippen LogP contribution in [0.2, 0.25) is 0 Å². The van der Waals surface area contributed by atoms with E-state index in [1.165, 1.54) is 6.42 Å². The molecule has 100 valence electrons. The van der Waals surface area contributed by atoms with E-state index in [0.717, 1.165) is 25.3 Å². The maximum absolute atomic E-state index is 11.2. The number of aromatic carboxylic acids is 1. The summed E-state index contributed by atoms with van der Waals surface area (Å²) in [5, 5.41) is 9.16. The molecule has 1 N–H and O–H groups in total. The quantitative estimate of drug-likeness (QED) is 0.908. The number of rotatable bonds is 3. The van der Waals surface area contributed by atoms with Gasteiger partial charge in [-0.2, -0.15) is 0 Å². The lowest BCUT2D eigenvalue weighted by atomic mass is 10.0. The molecule has 5 heteroatoms. The summed E-state index contributed by atoms with van der Waals surface area (Å²) in [6.45, 7) is 2.22. The average Bonchev–Trinajstić information content (AvgIpc) is 2.97. The summed E-state index contributed by atoms with van der Waals surface area (Å²) in [5.41, 5.74) is 0.987. The highest BCUT2D eigenvalue weighted by Crippen LogP contribution is 2.21. The Hall–Kier alpha value is -1.88. The van der Waals surface area contributed by atoms with Crippen LogP contribution in [0.5, 0.6) is 0 Å². The maximum Gasteiger partial charge on any atom is 0.337 e. The smallest absolute Gasteiger partial charge is 0.337 e. The van der Waals surface area contributed by atoms with E-state index in [1.807, 2.05) is 10.6 Å². The van der Waals surface area contributed by atoms with Crippen molar-refractivity contribution in [2.24, 2.45) is 5.92 Å². The number of carbonyl (C=O) groups is 1. The number of hydrogen-bond acceptors (Lipinski definition) is 3. The van der Waals surface area contributed by atoms with Gasteiger partial charge in [-0.3, -0.25) is 0 Å². The number of aromatic nitrogens is 2. The van der Waals surface area contributed by atoms with Crippen LogP contribution >= 0.6 is 0 Å². The summed E-state index contributed by atoms with van der Waals surface area (Å²) >= 11 is 0. The number of carboxylic acids is 1. The molecule has 0 spiro atoms. The molecule has 3 rings (SSSR count). The van der Waals surface area contributed by atoms with Crippen molar-refractivity contribution in [3.8, 4) is 0 Å². The average molecular weight is 259 g/mol. The van der Waals surface area contributed by atoms with Gasteiger partial charge >= 0.3 is 5.97 Å². The topological polar surface area (TPSA) is 57.8 Å². The Kier molecular flexibility index (Phi) is 2.98. The largest absolute Gasteiger partial charge is 0.478 e. The van der Waals surface area contributed by atoms with Crippen molar-refractivity contribution in [3.63, 3.8) is 0 Å². The maximum atomic E-state index is 11.2. The van der Waals surface area contributed by atoms with Gasteiger partial charge in [0.2, 0.25) is 0 Å². The summed E-state index contributed by atoms with van der Waals surface area (Å²) < 4.78 is 1.90. The summed E-state index contributed by atoms with van der Waals surface area (Å²) in [7, 11) is 2.13. The van der Waals surface area contributed by atoms with Crippen LogP contribution in [0.15, 0.2) is 24.5 Å². The zero-order valence-electron chi connectivity index (χ0n) is 10.9. The summed E-state index contributed by atoms with van der Waals surface area (Å²) in [6, 6.07) is 3.38. The number of fused-ring (bicyclic) bond motifs is 1. The van der Waals surface area contributed by atoms with Crippen molar-refractivity contribution in [3.05, 3.63) is 35.9 Å². The number of nitrogens with zero attached hydrogens (tertiary/aromatic N) is 3. The second-order valence-electron chi connectivity index (χ2n) is 5.28. The molecule has 1 aliphatic rings. The molecule has 0 aliphatic carbocycles. The van der Waals surface area contributed by atoms with Crippen LogP contribution in [0.1, 0.15) is 22.6 Å². The van der Waals surface area contributed by atoms with Crippen LogP contribution in [0.25, 0.3) is 5.52 Å². The molecule has 2 aromatic rings. The van der Waals surface area contributed by atoms with Crippen molar-refractivity contribution in [1.29, 1.82) is 0 Å². The van der Waals surface area contributed by atoms with E-state index in [-0.39, 0.29) is 0 Å². The number of hydrogen-bond donors (Lipinski definition) is 1. The molecule has 1 atom stereocenters. The minimum absolute atomic E-state index is 0.310. The first-order valence-corrected chi connectivity index (χ1v) is 6.52. The standard InChI is InChI=1S/C14H17N3O2/c1-16-6-4-10(9-16)7-13-15-8-12-11(14(18)19)3-2-5-17(12)13/h2-3,5,8,10H,4,6-7,9H2,1H3,(H,18,19). The Balaban J connectivity index is 1.93. The summed E-state index contributed by atoms with van der Waals surface area (Å²) in [6.07, 6.45) is 5.64. The number of pyridine rings is 1. The Morgan fingerprint density at radius 3 is 3.11 bits per heavy atom. The Bertz CT molecular complexity index is 620. The van der Waals surface area contributed by atoms with Gasteiger partial charge in [0.1, 0.15) is 5.82 Å². The minimum Gasteiger partial charge on any atom is -0.478 e. The molecule has 0 aromatic carbocycles. The molecule has 0 amide bonds. The summed E-state index contributed by atoms with van der Waals surface area (Å²) in [4.78, 5) is 17.9. The second kappa shape index (κ2) is 4.66. The van der Waals surface area contributed by atoms with E-state index in [9.17, 15) is 4.79 Å². The molecule has 19 heavy (non-hydrogen) atoms. The van der Waals surface area contributed by atoms with Gasteiger partial charge in [-0.25, -0.2) is 9.78 Å². The molecule has 5 nitrogen and oxygen atoms in total. The van der Waals surface area contributed by atoms with Gasteiger partial charge < -0.3 is 14.4 Å². The highest BCUT2D eigenvalue weighted by atomic mass is 16.4. The molecular formula is C14H17N3O2. The lowest BCUT2D eigenvalue weighted by Gasteiger charge is -2.09. The minimum atomic E-state index is -0.905. The van der Waals surface area contributed by atoms with Crippen LogP contribution < -0.4 is 0 Å². The van der Waals surface area contributed by atoms with E-state index >= 15 is 0 Å². The van der Waals surface area contributed by atoms with Gasteiger partial charge in [0.25, 0.3) is 0 Å². The lowest BCUT2D eigenvalue weighted by Crippen LogP contribution is -2.15. The van der Waals surface area contributed by atoms with Gasteiger partial charge in [0, 0.05) is 19.2 Å². The fourth-order valence-corrected chi connectivity index (χ4v) is 2.86. The number of likely N-dealkylation sites (tertiary alicyclic amines) is 1. The molecule has 1 fully saturated rings. The summed E-state index contributed by atoms with van der Waals surface area (Å²) in [5.74, 6) is 0.667. The molecule has 3 heterocycles. The molecule has 1 saturated heterocycles. The predicted molar refractivity (Wildman–Crippen MR) is 71.5 cm³/mol. The van der Waals surface area contributed by atoms with E-state index < -0.39 is 5.97 Å². The van der Waals surface area contributed by atoms with E-state index in [2.05, 4.69) is 16.9 Å². The van der Waals surface area contributed by atoms with E-state index in [1.54, 1.807) is 18.3 Å². The van der Waals surface area contributed by atoms with Gasteiger partial charge in [0.15, 0.2) is 0 Å². The Labute approximate surface area is 111 Å². The molecule has 0 radical (unpaired) electrons. The third-order valence-corrected chi connectivity index (χ3v) is 3.84. The third kappa shape index (κ3) is 2.21. The zero-order valence-corrected chi connectivity index (χ0v) is 10.9. The first kappa shape index (κ1) is 12.2. The fourth-order valence-electron chi connectivity index (χ4n) is 2.86. The van der Waals surface area contributed by atoms with Crippen molar-refractivity contribution < 1.29 is 9.90 Å². The number of carboxylic acid groups (broad SMARTS) is 1. The SMILES string of the molecule is CN1CCC(Cc2ncc3c(C(=O)O)cccn23)C1. The van der Waals surface area contributed by atoms with Crippen molar-refractivity contribution in [2.45, 2.75) is 12.8 Å². The molecule has 1 aliphatic heterocycles. The van der Waals surface area contributed by atoms with Crippen LogP contribution in [-0.4, -0.2) is 45.5 Å². The van der Waals surface area contributed by atoms with Gasteiger partial charge in [-0.1, -0.05) is 0 Å². The third-order valence-electron chi connectivity index (χ3n) is 3.84. The van der Waals surface area contributed by atoms with Crippen LogP contribution in [0.3, 0.4) is 0 Å². The zero-order chi connectivity index (χ0) is 13.4. The first-order chi connectivity index (χ1) is 9.15. The van der Waals surface area contributed by atoms with Crippen LogP contribution in [0.4, 0.5) is 0 Å². The van der Waals surface area contributed by atoms with E-state index in [4.69, 9.17) is 5.11 Å². The predicted octanol–water partition coefficient (Wildman–Crippen LogP) is 1.53. The van der Waals surface area contributed by atoms with Gasteiger partial charge in [-0.15, -0.1) is 0 Å².